The second-order valence-corrected chi connectivity index (χ2v) is 5.84. The van der Waals surface area contributed by atoms with Crippen LogP contribution in [0.2, 0.25) is 0 Å². The minimum Gasteiger partial charge on any atom is -0.483 e. The van der Waals surface area contributed by atoms with E-state index in [1.54, 1.807) is 0 Å². The van der Waals surface area contributed by atoms with E-state index in [0.29, 0.717) is 0 Å². The van der Waals surface area contributed by atoms with Gasteiger partial charge in [0, 0.05) is 6.42 Å². The molecule has 0 spiro atoms. The largest absolute Gasteiger partial charge is 0.483 e. The Bertz CT molecular complexity index is 530. The van der Waals surface area contributed by atoms with Gasteiger partial charge in [-0.15, -0.1) is 0 Å². The summed E-state index contributed by atoms with van der Waals surface area (Å²) in [7, 11) is -4.70. The highest BCUT2D eigenvalue weighted by atomic mass is 32.2. The first-order valence-corrected chi connectivity index (χ1v) is 6.26. The number of ether oxygens (including phenoxy) is 2. The molecule has 8 heteroatoms. The van der Waals surface area contributed by atoms with Gasteiger partial charge >= 0.3 is 0 Å². The van der Waals surface area contributed by atoms with Crippen molar-refractivity contribution < 1.29 is 32.0 Å². The van der Waals surface area contributed by atoms with Crippen LogP contribution in [-0.2, 0) is 29.2 Å². The Labute approximate surface area is 97.1 Å². The number of carbonyl (C=O) groups excluding carboxylic acids is 2. The Hall–Kier alpha value is -1.41. The van der Waals surface area contributed by atoms with Gasteiger partial charge in [-0.2, -0.15) is 8.42 Å². The van der Waals surface area contributed by atoms with Gasteiger partial charge in [0.15, 0.2) is 4.75 Å². The first-order valence-electron chi connectivity index (χ1n) is 4.82. The van der Waals surface area contributed by atoms with Gasteiger partial charge in [-0.1, -0.05) is 0 Å². The average Bonchev–Trinajstić information content (AvgIpc) is 2.25. The highest BCUT2D eigenvalue weighted by Gasteiger charge is 2.55. The number of rotatable bonds is 1. The lowest BCUT2D eigenvalue weighted by molar-refractivity contribution is -0.133. The molecule has 0 saturated carbocycles. The molecule has 0 fully saturated rings. The maximum absolute atomic E-state index is 11.9. The van der Waals surface area contributed by atoms with Crippen molar-refractivity contribution >= 4 is 21.7 Å². The predicted octanol–water partition coefficient (Wildman–Crippen LogP) is -0.567. The molecule has 0 radical (unpaired) electrons. The molecule has 0 aromatic rings. The third kappa shape index (κ3) is 1.64. The van der Waals surface area contributed by atoms with Crippen molar-refractivity contribution in [2.75, 3.05) is 13.2 Å². The zero-order valence-corrected chi connectivity index (χ0v) is 9.74. The third-order valence-electron chi connectivity index (χ3n) is 2.79. The van der Waals surface area contributed by atoms with E-state index in [1.807, 2.05) is 0 Å². The molecule has 1 N–H and O–H groups in total. The summed E-state index contributed by atoms with van der Waals surface area (Å²) < 4.78 is 39.2. The van der Waals surface area contributed by atoms with E-state index in [2.05, 4.69) is 0 Å². The van der Waals surface area contributed by atoms with E-state index < -0.39 is 38.6 Å². The van der Waals surface area contributed by atoms with Crippen LogP contribution in [-0.4, -0.2) is 42.5 Å². The molecule has 1 unspecified atom stereocenters. The highest BCUT2D eigenvalue weighted by molar-refractivity contribution is 7.88. The van der Waals surface area contributed by atoms with Crippen LogP contribution in [0.5, 0.6) is 0 Å². The monoisotopic (exact) mass is 262 g/mol. The topological polar surface area (TPSA) is 107 Å². The van der Waals surface area contributed by atoms with Crippen LogP contribution >= 0.6 is 0 Å². The highest BCUT2D eigenvalue weighted by Crippen LogP contribution is 2.35. The van der Waals surface area contributed by atoms with Crippen molar-refractivity contribution in [1.29, 1.82) is 0 Å². The minimum atomic E-state index is -4.70. The number of hydrogen-bond donors (Lipinski definition) is 1. The van der Waals surface area contributed by atoms with E-state index in [1.165, 1.54) is 0 Å². The Morgan fingerprint density at radius 2 is 1.71 bits per heavy atom. The van der Waals surface area contributed by atoms with E-state index in [0.717, 1.165) is 6.92 Å². The van der Waals surface area contributed by atoms with Gasteiger partial charge in [0.1, 0.15) is 13.2 Å². The van der Waals surface area contributed by atoms with E-state index in [4.69, 9.17) is 14.0 Å². The molecule has 1 aliphatic carbocycles. The van der Waals surface area contributed by atoms with Crippen LogP contribution < -0.4 is 0 Å². The summed E-state index contributed by atoms with van der Waals surface area (Å²) in [6.07, 6.45) is -0.646. The third-order valence-corrected chi connectivity index (χ3v) is 4.26. The van der Waals surface area contributed by atoms with Crippen molar-refractivity contribution in [2.24, 2.45) is 0 Å². The van der Waals surface area contributed by atoms with Crippen molar-refractivity contribution in [1.82, 2.24) is 0 Å². The summed E-state index contributed by atoms with van der Waals surface area (Å²) in [5.74, 6) is -2.27. The Kier molecular flexibility index (Phi) is 2.51. The van der Waals surface area contributed by atoms with Gasteiger partial charge in [0.05, 0.1) is 0 Å². The Morgan fingerprint density at radius 3 is 2.24 bits per heavy atom. The molecular formula is C9H10O7S. The molecular weight excluding hydrogens is 252 g/mol. The zero-order chi connectivity index (χ0) is 12.8. The average molecular weight is 262 g/mol. The van der Waals surface area contributed by atoms with E-state index in [-0.39, 0.29) is 19.0 Å². The number of ketones is 2. The van der Waals surface area contributed by atoms with Gasteiger partial charge in [0.2, 0.25) is 23.1 Å². The lowest BCUT2D eigenvalue weighted by Crippen LogP contribution is -2.51. The van der Waals surface area contributed by atoms with Crippen molar-refractivity contribution in [3.8, 4) is 0 Å². The second-order valence-electron chi connectivity index (χ2n) is 3.99. The molecule has 2 rings (SSSR count). The summed E-state index contributed by atoms with van der Waals surface area (Å²) >= 11 is 0. The zero-order valence-electron chi connectivity index (χ0n) is 8.93. The van der Waals surface area contributed by atoms with Crippen molar-refractivity contribution in [3.63, 3.8) is 0 Å². The lowest BCUT2D eigenvalue weighted by atomic mass is 9.90. The van der Waals surface area contributed by atoms with Crippen molar-refractivity contribution in [3.05, 3.63) is 11.5 Å². The van der Waals surface area contributed by atoms with Gasteiger partial charge < -0.3 is 9.47 Å². The Balaban J connectivity index is 2.57. The van der Waals surface area contributed by atoms with Crippen molar-refractivity contribution in [2.45, 2.75) is 18.1 Å². The summed E-state index contributed by atoms with van der Waals surface area (Å²) in [6, 6.07) is 0. The first kappa shape index (κ1) is 12.1. The fourth-order valence-corrected chi connectivity index (χ4v) is 2.35. The quantitative estimate of drug-likeness (QED) is 0.631. The number of carbonyl (C=O) groups is 2. The summed E-state index contributed by atoms with van der Waals surface area (Å²) in [5, 5.41) is 0. The van der Waals surface area contributed by atoms with Crippen LogP contribution in [0, 0.1) is 0 Å². The fourth-order valence-electron chi connectivity index (χ4n) is 1.71. The van der Waals surface area contributed by atoms with Crippen LogP contribution in [0.1, 0.15) is 13.3 Å². The smallest absolute Gasteiger partial charge is 0.278 e. The molecule has 1 atom stereocenters. The Morgan fingerprint density at radius 1 is 1.18 bits per heavy atom. The maximum atomic E-state index is 11.9. The van der Waals surface area contributed by atoms with E-state index in [9.17, 15) is 18.0 Å². The van der Waals surface area contributed by atoms with Crippen LogP contribution in [0.15, 0.2) is 11.5 Å². The molecule has 17 heavy (non-hydrogen) atoms. The van der Waals surface area contributed by atoms with Crippen LogP contribution in [0.25, 0.3) is 0 Å². The fraction of sp³-hybridized carbons (Fsp3) is 0.556. The first-order chi connectivity index (χ1) is 7.77. The molecule has 1 aliphatic heterocycles. The molecule has 0 amide bonds. The molecule has 1 heterocycles. The summed E-state index contributed by atoms with van der Waals surface area (Å²) in [6.45, 7) is 1.17. The SMILES string of the molecule is CC1(S(=O)(=O)O)CC(=O)C2=C(OCCO2)C1=O. The van der Waals surface area contributed by atoms with E-state index >= 15 is 0 Å². The van der Waals surface area contributed by atoms with Gasteiger partial charge in [-0.3, -0.25) is 14.1 Å². The lowest BCUT2D eigenvalue weighted by Gasteiger charge is -2.32. The molecule has 7 nitrogen and oxygen atoms in total. The molecule has 0 aromatic carbocycles. The molecule has 0 aromatic heterocycles. The van der Waals surface area contributed by atoms with Crippen LogP contribution in [0.4, 0.5) is 0 Å². The van der Waals surface area contributed by atoms with Gasteiger partial charge in [0.25, 0.3) is 10.1 Å². The number of hydrogen-bond acceptors (Lipinski definition) is 6. The summed E-state index contributed by atoms with van der Waals surface area (Å²) in [4.78, 5) is 23.6. The molecule has 0 saturated heterocycles. The van der Waals surface area contributed by atoms with Crippen LogP contribution in [0.3, 0.4) is 0 Å². The predicted molar refractivity (Wildman–Crippen MR) is 53.5 cm³/mol. The molecule has 2 aliphatic rings. The standard InChI is InChI=1S/C9H10O7S/c1-9(17(12,13)14)4-5(10)6-7(8(9)11)16-3-2-15-6/h2-4H2,1H3,(H,12,13,14). The molecule has 0 bridgehead atoms. The minimum absolute atomic E-state index is 0.0550. The molecule has 94 valence electrons. The van der Waals surface area contributed by atoms with Gasteiger partial charge in [-0.25, -0.2) is 0 Å². The second kappa shape index (κ2) is 3.54. The number of Topliss-reactive ketones (excluding diaryl/α,β-unsaturated/α-hetero) is 2. The number of allylic oxidation sites excluding steroid dienone is 2. The summed E-state index contributed by atoms with van der Waals surface area (Å²) in [5.41, 5.74) is 0. The van der Waals surface area contributed by atoms with Gasteiger partial charge in [-0.05, 0) is 6.92 Å². The maximum Gasteiger partial charge on any atom is 0.278 e. The normalized spacial score (nSPS) is 29.5.